The topological polar surface area (TPSA) is 25.8 Å². The minimum Gasteiger partial charge on any atom is -0.244 e. The lowest BCUT2D eigenvalue weighted by atomic mass is 9.93. The largest absolute Gasteiger partial charge is 0.244 e. The maximum Gasteiger partial charge on any atom is 0.116 e. The van der Waals surface area contributed by atoms with Gasteiger partial charge < -0.3 is 0 Å². The van der Waals surface area contributed by atoms with Gasteiger partial charge in [0.1, 0.15) is 6.33 Å². The smallest absolute Gasteiger partial charge is 0.116 e. The lowest BCUT2D eigenvalue weighted by molar-refractivity contribution is 1.17. The molecule has 2 heterocycles. The van der Waals surface area contributed by atoms with Gasteiger partial charge in [0, 0.05) is 11.8 Å². The van der Waals surface area contributed by atoms with Crippen molar-refractivity contribution in [2.45, 2.75) is 20.8 Å². The zero-order valence-electron chi connectivity index (χ0n) is 11.8. The minimum atomic E-state index is 1.02. The molecule has 0 bridgehead atoms. The maximum absolute atomic E-state index is 4.50. The number of benzene rings is 1. The summed E-state index contributed by atoms with van der Waals surface area (Å²) in [4.78, 5) is 9.91. The van der Waals surface area contributed by atoms with Crippen LogP contribution in [-0.4, -0.2) is 9.97 Å². The molecule has 0 atom stereocenters. The molecule has 0 N–H and O–H groups in total. The molecule has 0 fully saturated rings. The molecule has 20 heavy (non-hydrogen) atoms. The average Bonchev–Trinajstić information content (AvgIpc) is 2.92. The van der Waals surface area contributed by atoms with Gasteiger partial charge in [-0.2, -0.15) is 0 Å². The summed E-state index contributed by atoms with van der Waals surface area (Å²) in [7, 11) is 0. The van der Waals surface area contributed by atoms with Crippen LogP contribution in [0.1, 0.15) is 16.7 Å². The fourth-order valence-corrected chi connectivity index (χ4v) is 3.46. The first kappa shape index (κ1) is 13.0. The number of aryl methyl sites for hydroxylation is 3. The van der Waals surface area contributed by atoms with Crippen molar-refractivity contribution >= 4 is 11.3 Å². The molecule has 100 valence electrons. The normalized spacial score (nSPS) is 10.8. The van der Waals surface area contributed by atoms with E-state index in [-0.39, 0.29) is 0 Å². The van der Waals surface area contributed by atoms with Gasteiger partial charge in [0.15, 0.2) is 0 Å². The standard InChI is InChI=1S/C17H16N2S/c1-11-7-12(2)16(13(3)8-11)14-9-18-10-19-17(14)15-5-4-6-20-15/h4-10H,1-3H3. The third-order valence-corrected chi connectivity index (χ3v) is 4.29. The molecule has 2 aromatic heterocycles. The van der Waals surface area contributed by atoms with Crippen LogP contribution in [0.4, 0.5) is 0 Å². The van der Waals surface area contributed by atoms with Crippen molar-refractivity contribution in [1.29, 1.82) is 0 Å². The van der Waals surface area contributed by atoms with Crippen molar-refractivity contribution in [2.24, 2.45) is 0 Å². The molecule has 3 heteroatoms. The number of rotatable bonds is 2. The highest BCUT2D eigenvalue weighted by Gasteiger charge is 2.14. The molecule has 0 saturated heterocycles. The van der Waals surface area contributed by atoms with Crippen LogP contribution in [0.15, 0.2) is 42.2 Å². The van der Waals surface area contributed by atoms with E-state index in [4.69, 9.17) is 0 Å². The van der Waals surface area contributed by atoms with Gasteiger partial charge in [-0.3, -0.25) is 0 Å². The Morgan fingerprint density at radius 3 is 2.45 bits per heavy atom. The van der Waals surface area contributed by atoms with Crippen LogP contribution in [-0.2, 0) is 0 Å². The van der Waals surface area contributed by atoms with Gasteiger partial charge in [0.25, 0.3) is 0 Å². The second kappa shape index (κ2) is 5.17. The van der Waals surface area contributed by atoms with Crippen molar-refractivity contribution in [2.75, 3.05) is 0 Å². The van der Waals surface area contributed by atoms with E-state index in [0.717, 1.165) is 11.3 Å². The van der Waals surface area contributed by atoms with Crippen molar-refractivity contribution in [3.63, 3.8) is 0 Å². The van der Waals surface area contributed by atoms with Crippen LogP contribution in [0.2, 0.25) is 0 Å². The summed E-state index contributed by atoms with van der Waals surface area (Å²) >= 11 is 1.71. The maximum atomic E-state index is 4.50. The summed E-state index contributed by atoms with van der Waals surface area (Å²) in [5, 5.41) is 2.08. The van der Waals surface area contributed by atoms with Gasteiger partial charge in [-0.1, -0.05) is 23.8 Å². The Labute approximate surface area is 123 Å². The lowest BCUT2D eigenvalue weighted by Crippen LogP contribution is -1.95. The Morgan fingerprint density at radius 1 is 1.05 bits per heavy atom. The summed E-state index contributed by atoms with van der Waals surface area (Å²) in [6.07, 6.45) is 3.55. The van der Waals surface area contributed by atoms with Gasteiger partial charge in [0.05, 0.1) is 10.6 Å². The van der Waals surface area contributed by atoms with E-state index < -0.39 is 0 Å². The fraction of sp³-hybridized carbons (Fsp3) is 0.176. The van der Waals surface area contributed by atoms with E-state index in [1.54, 1.807) is 17.7 Å². The summed E-state index contributed by atoms with van der Waals surface area (Å²) in [5.74, 6) is 0. The van der Waals surface area contributed by atoms with E-state index in [0.29, 0.717) is 0 Å². The third-order valence-electron chi connectivity index (χ3n) is 3.41. The van der Waals surface area contributed by atoms with Crippen LogP contribution in [0.5, 0.6) is 0 Å². The average molecular weight is 280 g/mol. The monoisotopic (exact) mass is 280 g/mol. The molecule has 0 aliphatic carbocycles. The number of thiophene rings is 1. The molecule has 2 nitrogen and oxygen atoms in total. The Hall–Kier alpha value is -2.00. The SMILES string of the molecule is Cc1cc(C)c(-c2cncnc2-c2cccs2)c(C)c1. The van der Waals surface area contributed by atoms with E-state index in [2.05, 4.69) is 60.4 Å². The van der Waals surface area contributed by atoms with Gasteiger partial charge >= 0.3 is 0 Å². The molecule has 1 aromatic carbocycles. The predicted molar refractivity (Wildman–Crippen MR) is 85.0 cm³/mol. The molecule has 0 saturated carbocycles. The van der Waals surface area contributed by atoms with Crippen molar-refractivity contribution in [1.82, 2.24) is 9.97 Å². The number of hydrogen-bond acceptors (Lipinski definition) is 3. The zero-order chi connectivity index (χ0) is 14.1. The third kappa shape index (κ3) is 2.25. The van der Waals surface area contributed by atoms with E-state index >= 15 is 0 Å². The number of nitrogens with zero attached hydrogens (tertiary/aromatic N) is 2. The van der Waals surface area contributed by atoms with E-state index in [1.807, 2.05) is 6.20 Å². The summed E-state index contributed by atoms with van der Waals surface area (Å²) < 4.78 is 0. The van der Waals surface area contributed by atoms with Gasteiger partial charge in [0.2, 0.25) is 0 Å². The Bertz CT molecular complexity index is 722. The first-order valence-corrected chi connectivity index (χ1v) is 7.47. The van der Waals surface area contributed by atoms with Crippen LogP contribution < -0.4 is 0 Å². The lowest BCUT2D eigenvalue weighted by Gasteiger charge is -2.13. The second-order valence-corrected chi connectivity index (χ2v) is 5.98. The summed E-state index contributed by atoms with van der Waals surface area (Å²) in [6, 6.07) is 8.59. The second-order valence-electron chi connectivity index (χ2n) is 5.04. The molecule has 3 aromatic rings. The minimum absolute atomic E-state index is 1.02. The van der Waals surface area contributed by atoms with Crippen LogP contribution in [0.25, 0.3) is 21.7 Å². The summed E-state index contributed by atoms with van der Waals surface area (Å²) in [6.45, 7) is 6.44. The molecule has 0 spiro atoms. The first-order chi connectivity index (χ1) is 9.66. The van der Waals surface area contributed by atoms with E-state index in [1.165, 1.54) is 27.1 Å². The summed E-state index contributed by atoms with van der Waals surface area (Å²) in [5.41, 5.74) is 7.22. The molecular formula is C17H16N2S. The van der Waals surface area contributed by atoms with Gasteiger partial charge in [-0.15, -0.1) is 11.3 Å². The predicted octanol–water partition coefficient (Wildman–Crippen LogP) is 4.80. The highest BCUT2D eigenvalue weighted by atomic mass is 32.1. The highest BCUT2D eigenvalue weighted by molar-refractivity contribution is 7.13. The molecule has 0 unspecified atom stereocenters. The molecule has 0 aliphatic heterocycles. The molecule has 0 radical (unpaired) electrons. The van der Waals surface area contributed by atoms with E-state index in [9.17, 15) is 0 Å². The van der Waals surface area contributed by atoms with Crippen molar-refractivity contribution in [3.05, 3.63) is 58.9 Å². The molecule has 0 amide bonds. The van der Waals surface area contributed by atoms with Crippen molar-refractivity contribution < 1.29 is 0 Å². The number of hydrogen-bond donors (Lipinski definition) is 0. The van der Waals surface area contributed by atoms with Crippen molar-refractivity contribution in [3.8, 4) is 21.7 Å². The molecule has 3 rings (SSSR count). The molecular weight excluding hydrogens is 264 g/mol. The Kier molecular flexibility index (Phi) is 3.36. The highest BCUT2D eigenvalue weighted by Crippen LogP contribution is 2.35. The first-order valence-electron chi connectivity index (χ1n) is 6.59. The fourth-order valence-electron chi connectivity index (χ4n) is 2.73. The zero-order valence-corrected chi connectivity index (χ0v) is 12.7. The quantitative estimate of drug-likeness (QED) is 0.674. The number of aromatic nitrogens is 2. The van der Waals surface area contributed by atoms with Gasteiger partial charge in [-0.25, -0.2) is 9.97 Å². The van der Waals surface area contributed by atoms with Gasteiger partial charge in [-0.05, 0) is 48.9 Å². The van der Waals surface area contributed by atoms with Crippen LogP contribution >= 0.6 is 11.3 Å². The Morgan fingerprint density at radius 2 is 1.80 bits per heavy atom. The Balaban J connectivity index is 2.27. The molecule has 0 aliphatic rings. The van der Waals surface area contributed by atoms with Crippen LogP contribution in [0, 0.1) is 20.8 Å². The van der Waals surface area contributed by atoms with Crippen LogP contribution in [0.3, 0.4) is 0 Å².